The molecule has 3 aromatic rings. The first-order valence-corrected chi connectivity index (χ1v) is 10.7. The van der Waals surface area contributed by atoms with E-state index in [2.05, 4.69) is 20.3 Å². The number of aromatic nitrogens is 2. The van der Waals surface area contributed by atoms with E-state index in [1.165, 1.54) is 18.2 Å². The third-order valence-electron chi connectivity index (χ3n) is 5.03. The van der Waals surface area contributed by atoms with Crippen LogP contribution in [0.25, 0.3) is 0 Å². The molecule has 1 aliphatic rings. The molecule has 4 rings (SSSR count). The lowest BCUT2D eigenvalue weighted by Gasteiger charge is -2.17. The number of carbonyl (C=O) groups is 1. The molecular weight excluding hydrogens is 431 g/mol. The second-order valence-corrected chi connectivity index (χ2v) is 7.90. The third kappa shape index (κ3) is 5.36. The Morgan fingerprint density at radius 1 is 1.22 bits per heavy atom. The van der Waals surface area contributed by atoms with Gasteiger partial charge in [0.1, 0.15) is 18.2 Å². The fraction of sp³-hybridized carbons (Fsp3) is 0.250. The molecule has 0 radical (unpaired) electrons. The molecule has 32 heavy (non-hydrogen) atoms. The van der Waals surface area contributed by atoms with Crippen LogP contribution in [0.1, 0.15) is 33.9 Å². The zero-order chi connectivity index (χ0) is 22.5. The Hall–Kier alpha value is -3.16. The Balaban J connectivity index is 1.42. The topological polar surface area (TPSA) is 76.5 Å². The molecule has 0 aliphatic carbocycles. The number of nitrogens with zero attached hydrogens (tertiary/aromatic N) is 3. The lowest BCUT2D eigenvalue weighted by Crippen LogP contribution is -2.22. The number of ketones is 1. The molecule has 0 spiro atoms. The maximum atomic E-state index is 13.3. The average molecular weight is 453 g/mol. The number of benzene rings is 1. The number of pyridine rings is 2. The van der Waals surface area contributed by atoms with Gasteiger partial charge in [0.2, 0.25) is 0 Å². The summed E-state index contributed by atoms with van der Waals surface area (Å²) in [4.78, 5) is 26.2. The van der Waals surface area contributed by atoms with Gasteiger partial charge in [0.05, 0.1) is 28.5 Å². The second kappa shape index (κ2) is 9.97. The van der Waals surface area contributed by atoms with Crippen LogP contribution in [0.15, 0.2) is 53.7 Å². The maximum absolute atomic E-state index is 13.3. The summed E-state index contributed by atoms with van der Waals surface area (Å²) >= 11 is 5.79. The van der Waals surface area contributed by atoms with Gasteiger partial charge < -0.3 is 10.1 Å². The van der Waals surface area contributed by atoms with Crippen LogP contribution in [0.2, 0.25) is 5.02 Å². The van der Waals surface area contributed by atoms with Crippen LogP contribution in [-0.4, -0.2) is 34.6 Å². The summed E-state index contributed by atoms with van der Waals surface area (Å²) in [7, 11) is 0. The second-order valence-electron chi connectivity index (χ2n) is 7.49. The first-order valence-electron chi connectivity index (χ1n) is 10.3. The smallest absolute Gasteiger partial charge is 0.170 e. The van der Waals surface area contributed by atoms with Crippen LogP contribution in [-0.2, 0) is 13.0 Å². The molecule has 6 nitrogen and oxygen atoms in total. The summed E-state index contributed by atoms with van der Waals surface area (Å²) in [6, 6.07) is 11.8. The molecule has 1 aromatic carbocycles. The van der Waals surface area contributed by atoms with E-state index in [0.29, 0.717) is 35.0 Å². The molecule has 0 bridgehead atoms. The van der Waals surface area contributed by atoms with Crippen molar-refractivity contribution in [2.45, 2.75) is 26.3 Å². The Morgan fingerprint density at radius 2 is 2.09 bits per heavy atom. The molecule has 0 saturated heterocycles. The molecule has 164 valence electrons. The van der Waals surface area contributed by atoms with E-state index in [-0.39, 0.29) is 23.8 Å². The molecule has 0 amide bonds. The third-order valence-corrected chi connectivity index (χ3v) is 5.32. The van der Waals surface area contributed by atoms with Crippen molar-refractivity contribution >= 4 is 28.8 Å². The van der Waals surface area contributed by atoms with Crippen molar-refractivity contribution in [3.63, 3.8) is 0 Å². The van der Waals surface area contributed by atoms with Gasteiger partial charge in [-0.2, -0.15) is 0 Å². The van der Waals surface area contributed by atoms with Crippen molar-refractivity contribution in [3.8, 4) is 5.75 Å². The van der Waals surface area contributed by atoms with Gasteiger partial charge in [0.15, 0.2) is 5.78 Å². The average Bonchev–Trinajstić information content (AvgIpc) is 2.78. The lowest BCUT2D eigenvalue weighted by molar-refractivity contribution is 0.0998. The molecule has 8 heteroatoms. The van der Waals surface area contributed by atoms with Crippen molar-refractivity contribution in [1.82, 2.24) is 15.3 Å². The molecule has 1 aliphatic heterocycles. The zero-order valence-corrected chi connectivity index (χ0v) is 18.3. The SMILES string of the molecule is Cc1cccc(CCNCc2nccc3c2N=C(COc2ccc(F)c(Cl)c2)CC3=O)n1. The molecule has 0 atom stereocenters. The summed E-state index contributed by atoms with van der Waals surface area (Å²) in [5, 5.41) is 3.33. The Morgan fingerprint density at radius 3 is 2.91 bits per heavy atom. The van der Waals surface area contributed by atoms with Crippen molar-refractivity contribution in [2.75, 3.05) is 13.2 Å². The highest BCUT2D eigenvalue weighted by Gasteiger charge is 2.23. The number of aryl methyl sites for hydroxylation is 1. The van der Waals surface area contributed by atoms with E-state index < -0.39 is 5.82 Å². The molecule has 3 heterocycles. The van der Waals surface area contributed by atoms with Gasteiger partial charge in [-0.3, -0.25) is 19.8 Å². The van der Waals surface area contributed by atoms with Gasteiger partial charge in [-0.15, -0.1) is 0 Å². The molecule has 0 fully saturated rings. The Labute approximate surface area is 190 Å². The van der Waals surface area contributed by atoms with Gasteiger partial charge in [0.25, 0.3) is 0 Å². The van der Waals surface area contributed by atoms with Crippen LogP contribution in [0.3, 0.4) is 0 Å². The normalized spacial score (nSPS) is 13.0. The number of Topliss-reactive ketones (excluding diaryl/α,β-unsaturated/α-hetero) is 1. The van der Waals surface area contributed by atoms with Gasteiger partial charge in [0, 0.05) is 48.7 Å². The molecular formula is C24H22ClFN4O2. The monoisotopic (exact) mass is 452 g/mol. The lowest BCUT2D eigenvalue weighted by atomic mass is 10.00. The van der Waals surface area contributed by atoms with Crippen molar-refractivity contribution in [2.24, 2.45) is 4.99 Å². The number of carbonyl (C=O) groups excluding carboxylic acids is 1. The number of ether oxygens (including phenoxy) is 1. The highest BCUT2D eigenvalue weighted by molar-refractivity contribution is 6.30. The number of halogens is 2. The van der Waals surface area contributed by atoms with Gasteiger partial charge in [-0.05, 0) is 37.3 Å². The predicted octanol–water partition coefficient (Wildman–Crippen LogP) is 4.65. The van der Waals surface area contributed by atoms with Gasteiger partial charge in [-0.1, -0.05) is 17.7 Å². The fourth-order valence-electron chi connectivity index (χ4n) is 3.43. The highest BCUT2D eigenvalue weighted by Crippen LogP contribution is 2.29. The number of rotatable bonds is 8. The van der Waals surface area contributed by atoms with Crippen LogP contribution in [0.5, 0.6) is 5.75 Å². The van der Waals surface area contributed by atoms with Gasteiger partial charge >= 0.3 is 0 Å². The minimum Gasteiger partial charge on any atom is -0.488 e. The first kappa shape index (κ1) is 22.0. The number of hydrogen-bond donors (Lipinski definition) is 1. The molecule has 1 N–H and O–H groups in total. The predicted molar refractivity (Wildman–Crippen MR) is 122 cm³/mol. The molecule has 0 unspecified atom stereocenters. The van der Waals surface area contributed by atoms with E-state index in [0.717, 1.165) is 24.4 Å². The van der Waals surface area contributed by atoms with E-state index in [9.17, 15) is 9.18 Å². The minimum absolute atomic E-state index is 0.0204. The van der Waals surface area contributed by atoms with Crippen molar-refractivity contribution in [3.05, 3.63) is 82.1 Å². The molecule has 0 saturated carbocycles. The van der Waals surface area contributed by atoms with E-state index in [4.69, 9.17) is 16.3 Å². The zero-order valence-electron chi connectivity index (χ0n) is 17.6. The van der Waals surface area contributed by atoms with Crippen molar-refractivity contribution < 1.29 is 13.9 Å². The number of nitrogens with one attached hydrogen (secondary N) is 1. The van der Waals surface area contributed by atoms with E-state index in [1.807, 2.05) is 25.1 Å². The fourth-order valence-corrected chi connectivity index (χ4v) is 3.60. The van der Waals surface area contributed by atoms with Crippen LogP contribution < -0.4 is 10.1 Å². The standard InChI is InChI=1S/C24H22ClFN4O2/c1-15-3-2-4-16(29-15)7-9-27-13-22-24-19(8-10-28-22)23(31)11-17(30-24)14-32-18-5-6-21(26)20(25)12-18/h2-6,8,10,12,27H,7,9,11,13-14H2,1H3. The largest absolute Gasteiger partial charge is 0.488 e. The highest BCUT2D eigenvalue weighted by atomic mass is 35.5. The van der Waals surface area contributed by atoms with Gasteiger partial charge in [-0.25, -0.2) is 4.39 Å². The summed E-state index contributed by atoms with van der Waals surface area (Å²) in [6.45, 7) is 3.28. The van der Waals surface area contributed by atoms with E-state index >= 15 is 0 Å². The van der Waals surface area contributed by atoms with Crippen LogP contribution in [0.4, 0.5) is 10.1 Å². The van der Waals surface area contributed by atoms with E-state index in [1.54, 1.807) is 12.3 Å². The first-order chi connectivity index (χ1) is 15.5. The minimum atomic E-state index is -0.514. The number of hydrogen-bond acceptors (Lipinski definition) is 6. The summed E-state index contributed by atoms with van der Waals surface area (Å²) in [6.07, 6.45) is 2.59. The number of aliphatic imine (C=N–C) groups is 1. The summed E-state index contributed by atoms with van der Waals surface area (Å²) in [5.41, 5.74) is 4.43. The summed E-state index contributed by atoms with van der Waals surface area (Å²) < 4.78 is 19.0. The van der Waals surface area contributed by atoms with Crippen molar-refractivity contribution in [1.29, 1.82) is 0 Å². The number of fused-ring (bicyclic) bond motifs is 1. The maximum Gasteiger partial charge on any atom is 0.170 e. The quantitative estimate of drug-likeness (QED) is 0.503. The summed E-state index contributed by atoms with van der Waals surface area (Å²) in [5.74, 6) is -0.131. The Kier molecular flexibility index (Phi) is 6.87. The van der Waals surface area contributed by atoms with Crippen LogP contribution in [0, 0.1) is 12.7 Å². The van der Waals surface area contributed by atoms with Crippen LogP contribution >= 0.6 is 11.6 Å². The molecule has 2 aromatic heterocycles. The Bertz CT molecular complexity index is 1180.